The molecule has 0 saturated carbocycles. The van der Waals surface area contributed by atoms with E-state index in [2.05, 4.69) is 19.9 Å². The summed E-state index contributed by atoms with van der Waals surface area (Å²) >= 11 is 1.31. The molecule has 3 heterocycles. The lowest BCUT2D eigenvalue weighted by atomic mass is 10.2. The summed E-state index contributed by atoms with van der Waals surface area (Å²) in [4.78, 5) is 32.3. The Kier molecular flexibility index (Phi) is 4.61. The third kappa shape index (κ3) is 3.16. The quantitative estimate of drug-likeness (QED) is 0.730. The van der Waals surface area contributed by atoms with Crippen molar-refractivity contribution in [2.24, 2.45) is 0 Å². The molecule has 1 amide bonds. The van der Waals surface area contributed by atoms with Gasteiger partial charge in [0.25, 0.3) is 5.91 Å². The van der Waals surface area contributed by atoms with Crippen molar-refractivity contribution in [3.63, 3.8) is 0 Å². The molecule has 0 fully saturated rings. The fourth-order valence-corrected chi connectivity index (χ4v) is 3.25. The zero-order valence-electron chi connectivity index (χ0n) is 13.7. The molecule has 0 N–H and O–H groups in total. The van der Waals surface area contributed by atoms with E-state index in [0.29, 0.717) is 21.4 Å². The highest BCUT2D eigenvalue weighted by atomic mass is 32.1. The molecule has 0 aromatic carbocycles. The van der Waals surface area contributed by atoms with E-state index in [1.165, 1.54) is 11.3 Å². The van der Waals surface area contributed by atoms with Gasteiger partial charge in [0.15, 0.2) is 10.8 Å². The van der Waals surface area contributed by atoms with E-state index in [4.69, 9.17) is 0 Å². The lowest BCUT2D eigenvalue weighted by Crippen LogP contribution is -2.30. The second-order valence-electron chi connectivity index (χ2n) is 5.35. The molecule has 6 nitrogen and oxygen atoms in total. The molecule has 24 heavy (non-hydrogen) atoms. The van der Waals surface area contributed by atoms with Crippen LogP contribution in [0.1, 0.15) is 34.0 Å². The summed E-state index contributed by atoms with van der Waals surface area (Å²) < 4.78 is 0. The Labute approximate surface area is 144 Å². The Morgan fingerprint density at radius 3 is 2.50 bits per heavy atom. The molecule has 7 heteroatoms. The van der Waals surface area contributed by atoms with Crippen molar-refractivity contribution in [3.05, 3.63) is 59.1 Å². The lowest BCUT2D eigenvalue weighted by Gasteiger charge is -2.24. The molecule has 3 aromatic rings. The van der Waals surface area contributed by atoms with Crippen molar-refractivity contribution in [1.29, 1.82) is 0 Å². The highest BCUT2D eigenvalue weighted by molar-refractivity contribution is 7.17. The van der Waals surface area contributed by atoms with Crippen LogP contribution in [0, 0.1) is 6.92 Å². The number of rotatable bonds is 4. The number of thiazole rings is 1. The molecule has 0 saturated heterocycles. The summed E-state index contributed by atoms with van der Waals surface area (Å²) in [6, 6.07) is 7.31. The van der Waals surface area contributed by atoms with Gasteiger partial charge in [-0.15, -0.1) is 11.3 Å². The topological polar surface area (TPSA) is 71.9 Å². The third-order valence-corrected chi connectivity index (χ3v) is 4.91. The maximum atomic E-state index is 12.9. The first-order valence-electron chi connectivity index (χ1n) is 7.51. The van der Waals surface area contributed by atoms with Crippen LogP contribution in [0.15, 0.2) is 42.9 Å². The van der Waals surface area contributed by atoms with Crippen molar-refractivity contribution < 1.29 is 4.79 Å². The second kappa shape index (κ2) is 6.84. The Bertz CT molecular complexity index is 835. The van der Waals surface area contributed by atoms with Gasteiger partial charge in [0, 0.05) is 25.6 Å². The first-order valence-corrected chi connectivity index (χ1v) is 8.32. The third-order valence-electron chi connectivity index (χ3n) is 3.76. The molecule has 0 aliphatic carbocycles. The fourth-order valence-electron chi connectivity index (χ4n) is 2.26. The first-order chi connectivity index (χ1) is 11.6. The van der Waals surface area contributed by atoms with Crippen LogP contribution in [0.2, 0.25) is 0 Å². The van der Waals surface area contributed by atoms with Crippen molar-refractivity contribution in [2.75, 3.05) is 7.05 Å². The summed E-state index contributed by atoms with van der Waals surface area (Å²) in [6.07, 6.45) is 5.05. The molecule has 0 aliphatic heterocycles. The van der Waals surface area contributed by atoms with E-state index in [0.717, 1.165) is 5.69 Å². The second-order valence-corrected chi connectivity index (χ2v) is 6.35. The van der Waals surface area contributed by atoms with Crippen LogP contribution in [0.25, 0.3) is 10.8 Å². The van der Waals surface area contributed by atoms with Crippen molar-refractivity contribution >= 4 is 17.2 Å². The van der Waals surface area contributed by atoms with Crippen LogP contribution in [-0.4, -0.2) is 37.8 Å². The largest absolute Gasteiger partial charge is 0.333 e. The highest BCUT2D eigenvalue weighted by Gasteiger charge is 2.24. The standard InChI is InChI=1S/C17H17N5OS/c1-11-14(24-16(21-11)15-19-9-6-10-20-15)17(23)22(3)12(2)13-7-4-5-8-18-13/h4-10,12H,1-3H3/t12-/m1/s1. The lowest BCUT2D eigenvalue weighted by molar-refractivity contribution is 0.0743. The van der Waals surface area contributed by atoms with E-state index in [1.807, 2.05) is 32.0 Å². The Hall–Kier alpha value is -2.67. The number of hydrogen-bond acceptors (Lipinski definition) is 6. The van der Waals surface area contributed by atoms with Crippen LogP contribution < -0.4 is 0 Å². The zero-order valence-corrected chi connectivity index (χ0v) is 14.5. The van der Waals surface area contributed by atoms with Gasteiger partial charge in [-0.25, -0.2) is 15.0 Å². The summed E-state index contributed by atoms with van der Waals surface area (Å²) in [5.74, 6) is 0.454. The van der Waals surface area contributed by atoms with Gasteiger partial charge in [-0.05, 0) is 32.0 Å². The minimum atomic E-state index is -0.128. The SMILES string of the molecule is Cc1nc(-c2ncccn2)sc1C(=O)N(C)[C@H](C)c1ccccn1. The molecule has 3 rings (SSSR count). The van der Waals surface area contributed by atoms with Gasteiger partial charge >= 0.3 is 0 Å². The molecule has 3 aromatic heterocycles. The van der Waals surface area contributed by atoms with Gasteiger partial charge in [-0.2, -0.15) is 0 Å². The Morgan fingerprint density at radius 1 is 1.12 bits per heavy atom. The molecular weight excluding hydrogens is 322 g/mol. The Balaban J connectivity index is 1.86. The van der Waals surface area contributed by atoms with Gasteiger partial charge in [0.2, 0.25) is 0 Å². The molecular formula is C17H17N5OS. The zero-order chi connectivity index (χ0) is 17.1. The van der Waals surface area contributed by atoms with Gasteiger partial charge in [-0.3, -0.25) is 9.78 Å². The minimum Gasteiger partial charge on any atom is -0.333 e. The van der Waals surface area contributed by atoms with Crippen LogP contribution >= 0.6 is 11.3 Å². The Morgan fingerprint density at radius 2 is 1.83 bits per heavy atom. The monoisotopic (exact) mass is 339 g/mol. The van der Waals surface area contributed by atoms with Gasteiger partial charge in [0.1, 0.15) is 4.88 Å². The van der Waals surface area contributed by atoms with Gasteiger partial charge in [0.05, 0.1) is 17.4 Å². The number of nitrogens with zero attached hydrogens (tertiary/aromatic N) is 5. The summed E-state index contributed by atoms with van der Waals surface area (Å²) in [6.45, 7) is 3.78. The van der Waals surface area contributed by atoms with E-state index in [1.54, 1.807) is 36.6 Å². The normalized spacial score (nSPS) is 12.0. The molecule has 0 radical (unpaired) electrons. The number of amides is 1. The number of carbonyl (C=O) groups is 1. The van der Waals surface area contributed by atoms with E-state index in [9.17, 15) is 4.79 Å². The predicted molar refractivity (Wildman–Crippen MR) is 92.6 cm³/mol. The summed E-state index contributed by atoms with van der Waals surface area (Å²) in [7, 11) is 1.78. The molecule has 0 bridgehead atoms. The summed E-state index contributed by atoms with van der Waals surface area (Å²) in [5.41, 5.74) is 1.54. The number of hydrogen-bond donors (Lipinski definition) is 0. The molecule has 122 valence electrons. The number of aromatic nitrogens is 4. The fraction of sp³-hybridized carbons (Fsp3) is 0.235. The first kappa shape index (κ1) is 16.2. The summed E-state index contributed by atoms with van der Waals surface area (Å²) in [5, 5.41) is 0.648. The average molecular weight is 339 g/mol. The van der Waals surface area contributed by atoms with E-state index in [-0.39, 0.29) is 11.9 Å². The maximum Gasteiger partial charge on any atom is 0.266 e. The van der Waals surface area contributed by atoms with Crippen molar-refractivity contribution in [2.45, 2.75) is 19.9 Å². The van der Waals surface area contributed by atoms with Crippen LogP contribution in [0.5, 0.6) is 0 Å². The van der Waals surface area contributed by atoms with Crippen LogP contribution in [0.3, 0.4) is 0 Å². The number of aryl methyl sites for hydroxylation is 1. The van der Waals surface area contributed by atoms with E-state index >= 15 is 0 Å². The van der Waals surface area contributed by atoms with Crippen molar-refractivity contribution in [3.8, 4) is 10.8 Å². The maximum absolute atomic E-state index is 12.9. The van der Waals surface area contributed by atoms with Crippen LogP contribution in [0.4, 0.5) is 0 Å². The van der Waals surface area contributed by atoms with Gasteiger partial charge in [-0.1, -0.05) is 6.07 Å². The highest BCUT2D eigenvalue weighted by Crippen LogP contribution is 2.28. The molecule has 0 spiro atoms. The van der Waals surface area contributed by atoms with Crippen LogP contribution in [-0.2, 0) is 0 Å². The molecule has 0 unspecified atom stereocenters. The average Bonchev–Trinajstić information content (AvgIpc) is 3.03. The smallest absolute Gasteiger partial charge is 0.266 e. The van der Waals surface area contributed by atoms with Gasteiger partial charge < -0.3 is 4.90 Å². The van der Waals surface area contributed by atoms with Crippen molar-refractivity contribution in [1.82, 2.24) is 24.8 Å². The minimum absolute atomic E-state index is 0.0784. The number of pyridine rings is 1. The predicted octanol–water partition coefficient (Wildman–Crippen LogP) is 3.14. The molecule has 1 atom stereocenters. The molecule has 0 aliphatic rings. The number of carbonyl (C=O) groups excluding carboxylic acids is 1. The van der Waals surface area contributed by atoms with E-state index < -0.39 is 0 Å².